The highest BCUT2D eigenvalue weighted by Crippen LogP contribution is 2.28. The number of benzene rings is 1. The molecule has 1 amide bonds. The lowest BCUT2D eigenvalue weighted by Crippen LogP contribution is -2.42. The predicted octanol–water partition coefficient (Wildman–Crippen LogP) is 3.60. The van der Waals surface area contributed by atoms with E-state index in [0.717, 1.165) is 25.5 Å². The Morgan fingerprint density at radius 1 is 1.22 bits per heavy atom. The molecule has 0 spiro atoms. The molecule has 1 aromatic carbocycles. The van der Waals surface area contributed by atoms with Crippen molar-refractivity contribution in [3.8, 4) is 0 Å². The Labute approximate surface area is 137 Å². The van der Waals surface area contributed by atoms with Crippen LogP contribution in [0.25, 0.3) is 0 Å². The molecule has 5 heteroatoms. The molecular weight excluding hydrogens is 298 g/mol. The minimum atomic E-state index is -0.853. The molecule has 23 heavy (non-hydrogen) atoms. The van der Waals surface area contributed by atoms with Gasteiger partial charge in [-0.2, -0.15) is 0 Å². The van der Waals surface area contributed by atoms with Crippen molar-refractivity contribution < 1.29 is 13.6 Å². The normalized spacial score (nSPS) is 16.0. The van der Waals surface area contributed by atoms with Gasteiger partial charge in [-0.05, 0) is 50.4 Å². The molecule has 2 rings (SSSR count). The van der Waals surface area contributed by atoms with Crippen molar-refractivity contribution in [3.63, 3.8) is 0 Å². The lowest BCUT2D eigenvalue weighted by atomic mass is 10.1. The summed E-state index contributed by atoms with van der Waals surface area (Å²) in [5.41, 5.74) is 0.668. The SMILES string of the molecule is CC(C)CN(C(=O)CN(C)C(C)c1ccc(F)c(F)c1)C1CC1. The number of nitrogens with zero attached hydrogens (tertiary/aromatic N) is 2. The van der Waals surface area contributed by atoms with Gasteiger partial charge in [0.1, 0.15) is 0 Å². The number of halogens is 2. The predicted molar refractivity (Wildman–Crippen MR) is 87.0 cm³/mol. The molecule has 1 atom stereocenters. The van der Waals surface area contributed by atoms with E-state index in [4.69, 9.17) is 0 Å². The van der Waals surface area contributed by atoms with Crippen LogP contribution in [0.2, 0.25) is 0 Å². The Morgan fingerprint density at radius 2 is 1.87 bits per heavy atom. The molecule has 1 fully saturated rings. The van der Waals surface area contributed by atoms with Gasteiger partial charge >= 0.3 is 0 Å². The fourth-order valence-corrected chi connectivity index (χ4v) is 2.70. The first kappa shape index (κ1) is 17.9. The topological polar surface area (TPSA) is 23.6 Å². The summed E-state index contributed by atoms with van der Waals surface area (Å²) in [6, 6.07) is 4.13. The van der Waals surface area contributed by atoms with Crippen LogP contribution in [0.4, 0.5) is 8.78 Å². The van der Waals surface area contributed by atoms with Gasteiger partial charge < -0.3 is 4.90 Å². The van der Waals surface area contributed by atoms with Gasteiger partial charge in [0.15, 0.2) is 11.6 Å². The summed E-state index contributed by atoms with van der Waals surface area (Å²) < 4.78 is 26.4. The minimum Gasteiger partial charge on any atom is -0.338 e. The van der Waals surface area contributed by atoms with Crippen LogP contribution in [0.5, 0.6) is 0 Å². The zero-order valence-corrected chi connectivity index (χ0v) is 14.4. The fraction of sp³-hybridized carbons (Fsp3) is 0.611. The molecular formula is C18H26F2N2O. The highest BCUT2D eigenvalue weighted by atomic mass is 19.2. The summed E-state index contributed by atoms with van der Waals surface area (Å²) in [4.78, 5) is 16.4. The molecule has 128 valence electrons. The van der Waals surface area contributed by atoms with Crippen LogP contribution >= 0.6 is 0 Å². The first-order chi connectivity index (χ1) is 10.8. The maximum absolute atomic E-state index is 13.4. The van der Waals surface area contributed by atoms with Crippen LogP contribution in [-0.4, -0.2) is 41.9 Å². The van der Waals surface area contributed by atoms with Crippen molar-refractivity contribution in [1.82, 2.24) is 9.80 Å². The monoisotopic (exact) mass is 324 g/mol. The van der Waals surface area contributed by atoms with E-state index < -0.39 is 11.6 Å². The standard InChI is InChI=1S/C18H26F2N2O/c1-12(2)10-22(15-6-7-15)18(23)11-21(4)13(3)14-5-8-16(19)17(20)9-14/h5,8-9,12-13,15H,6-7,10-11H2,1-4H3. The number of hydrogen-bond acceptors (Lipinski definition) is 2. The van der Waals surface area contributed by atoms with Crippen LogP contribution in [0.1, 0.15) is 45.2 Å². The van der Waals surface area contributed by atoms with Gasteiger partial charge in [-0.25, -0.2) is 8.78 Å². The van der Waals surface area contributed by atoms with Gasteiger partial charge in [-0.1, -0.05) is 19.9 Å². The second-order valence-corrected chi connectivity index (χ2v) is 6.94. The van der Waals surface area contributed by atoms with Gasteiger partial charge in [0, 0.05) is 18.6 Å². The van der Waals surface area contributed by atoms with E-state index in [0.29, 0.717) is 17.5 Å². The summed E-state index contributed by atoms with van der Waals surface area (Å²) in [6.45, 7) is 7.16. The minimum absolute atomic E-state index is 0.109. The summed E-state index contributed by atoms with van der Waals surface area (Å²) in [5.74, 6) is -1.16. The van der Waals surface area contributed by atoms with E-state index in [-0.39, 0.29) is 18.5 Å². The summed E-state index contributed by atoms with van der Waals surface area (Å²) in [7, 11) is 1.84. The zero-order valence-electron chi connectivity index (χ0n) is 14.4. The number of likely N-dealkylation sites (N-methyl/N-ethyl adjacent to an activating group) is 1. The van der Waals surface area contributed by atoms with E-state index in [9.17, 15) is 13.6 Å². The zero-order chi connectivity index (χ0) is 17.1. The molecule has 1 aliphatic carbocycles. The highest BCUT2D eigenvalue weighted by Gasteiger charge is 2.33. The van der Waals surface area contributed by atoms with Crippen molar-refractivity contribution in [2.24, 2.45) is 5.92 Å². The third-order valence-electron chi connectivity index (χ3n) is 4.34. The van der Waals surface area contributed by atoms with Gasteiger partial charge in [0.25, 0.3) is 0 Å². The largest absolute Gasteiger partial charge is 0.338 e. The lowest BCUT2D eigenvalue weighted by molar-refractivity contribution is -0.133. The highest BCUT2D eigenvalue weighted by molar-refractivity contribution is 5.79. The third-order valence-corrected chi connectivity index (χ3v) is 4.34. The molecule has 0 aromatic heterocycles. The third kappa shape index (κ3) is 4.74. The molecule has 0 radical (unpaired) electrons. The average molecular weight is 324 g/mol. The molecule has 0 aliphatic heterocycles. The van der Waals surface area contributed by atoms with Gasteiger partial charge in [-0.3, -0.25) is 9.69 Å². The number of rotatable bonds is 7. The fourth-order valence-electron chi connectivity index (χ4n) is 2.70. The van der Waals surface area contributed by atoms with Crippen LogP contribution in [0.3, 0.4) is 0 Å². The maximum Gasteiger partial charge on any atom is 0.237 e. The van der Waals surface area contributed by atoms with Crippen LogP contribution in [0.15, 0.2) is 18.2 Å². The Hall–Kier alpha value is -1.49. The number of amides is 1. The van der Waals surface area contributed by atoms with Crippen LogP contribution in [0, 0.1) is 17.6 Å². The van der Waals surface area contributed by atoms with Crippen molar-refractivity contribution in [1.29, 1.82) is 0 Å². The van der Waals surface area contributed by atoms with Crippen molar-refractivity contribution in [2.75, 3.05) is 20.1 Å². The second kappa shape index (κ2) is 7.39. The van der Waals surface area contributed by atoms with Gasteiger partial charge in [0.05, 0.1) is 6.54 Å². The number of hydrogen-bond donors (Lipinski definition) is 0. The first-order valence-corrected chi connectivity index (χ1v) is 8.24. The van der Waals surface area contributed by atoms with Crippen LogP contribution < -0.4 is 0 Å². The molecule has 1 aromatic rings. The maximum atomic E-state index is 13.4. The summed E-state index contributed by atoms with van der Waals surface area (Å²) in [5, 5.41) is 0. The molecule has 3 nitrogen and oxygen atoms in total. The van der Waals surface area contributed by atoms with E-state index in [1.54, 1.807) is 6.07 Å². The Balaban J connectivity index is 2.00. The summed E-state index contributed by atoms with van der Waals surface area (Å²) >= 11 is 0. The lowest BCUT2D eigenvalue weighted by Gasteiger charge is -2.30. The van der Waals surface area contributed by atoms with E-state index >= 15 is 0 Å². The van der Waals surface area contributed by atoms with Crippen molar-refractivity contribution >= 4 is 5.91 Å². The quantitative estimate of drug-likeness (QED) is 0.765. The second-order valence-electron chi connectivity index (χ2n) is 6.94. The molecule has 0 bridgehead atoms. The molecule has 1 aliphatic rings. The number of carbonyl (C=O) groups excluding carboxylic acids is 1. The molecule has 0 heterocycles. The first-order valence-electron chi connectivity index (χ1n) is 8.24. The smallest absolute Gasteiger partial charge is 0.237 e. The van der Waals surface area contributed by atoms with E-state index in [1.165, 1.54) is 6.07 Å². The molecule has 0 N–H and O–H groups in total. The molecule has 1 unspecified atom stereocenters. The number of carbonyl (C=O) groups is 1. The van der Waals surface area contributed by atoms with Crippen LogP contribution in [-0.2, 0) is 4.79 Å². The van der Waals surface area contributed by atoms with E-state index in [1.807, 2.05) is 23.8 Å². The average Bonchev–Trinajstić information content (AvgIpc) is 3.31. The van der Waals surface area contributed by atoms with Crippen molar-refractivity contribution in [3.05, 3.63) is 35.4 Å². The van der Waals surface area contributed by atoms with Gasteiger partial charge in [-0.15, -0.1) is 0 Å². The molecule has 0 saturated heterocycles. The Kier molecular flexibility index (Phi) is 5.74. The Morgan fingerprint density at radius 3 is 2.39 bits per heavy atom. The summed E-state index contributed by atoms with van der Waals surface area (Å²) in [6.07, 6.45) is 2.17. The Bertz CT molecular complexity index is 558. The van der Waals surface area contributed by atoms with Gasteiger partial charge in [0.2, 0.25) is 5.91 Å². The van der Waals surface area contributed by atoms with Crippen molar-refractivity contribution in [2.45, 2.75) is 45.7 Å². The molecule has 1 saturated carbocycles. The van der Waals surface area contributed by atoms with E-state index in [2.05, 4.69) is 13.8 Å².